The van der Waals surface area contributed by atoms with Gasteiger partial charge in [0.2, 0.25) is 5.91 Å². The number of likely N-dealkylation sites (tertiary alicyclic amines) is 1. The summed E-state index contributed by atoms with van der Waals surface area (Å²) < 4.78 is 0. The van der Waals surface area contributed by atoms with E-state index in [1.54, 1.807) is 11.3 Å². The van der Waals surface area contributed by atoms with Crippen LogP contribution in [0.3, 0.4) is 0 Å². The highest BCUT2D eigenvalue weighted by Crippen LogP contribution is 2.19. The van der Waals surface area contributed by atoms with Crippen molar-refractivity contribution in [3.05, 3.63) is 22.4 Å². The minimum atomic E-state index is 0.107. The molecular weight excluding hydrogens is 274 g/mol. The molecule has 1 aliphatic rings. The number of piperidine rings is 1. The highest BCUT2D eigenvalue weighted by Gasteiger charge is 2.24. The number of carbonyl (C=O) groups is 1. The van der Waals surface area contributed by atoms with Gasteiger partial charge in [-0.05, 0) is 37.1 Å². The van der Waals surface area contributed by atoms with Crippen LogP contribution in [0.5, 0.6) is 0 Å². The molecule has 2 rings (SSSR count). The van der Waals surface area contributed by atoms with E-state index in [-0.39, 0.29) is 17.7 Å². The third-order valence-electron chi connectivity index (χ3n) is 3.78. The SMILES string of the molecule is NC(=NO)C1CCN(C(=O)CCCc2cccs2)CC1. The molecule has 5 nitrogen and oxygen atoms in total. The molecule has 20 heavy (non-hydrogen) atoms. The van der Waals surface area contributed by atoms with Crippen molar-refractivity contribution >= 4 is 23.1 Å². The zero-order valence-corrected chi connectivity index (χ0v) is 12.3. The van der Waals surface area contributed by atoms with Crippen LogP contribution in [-0.4, -0.2) is 34.9 Å². The fourth-order valence-electron chi connectivity index (χ4n) is 2.53. The third-order valence-corrected chi connectivity index (χ3v) is 4.71. The predicted octanol–water partition coefficient (Wildman–Crippen LogP) is 2.06. The van der Waals surface area contributed by atoms with E-state index in [2.05, 4.69) is 16.6 Å². The molecule has 3 N–H and O–H groups in total. The molecule has 0 bridgehead atoms. The van der Waals surface area contributed by atoms with Crippen molar-refractivity contribution in [1.29, 1.82) is 0 Å². The fourth-order valence-corrected chi connectivity index (χ4v) is 3.28. The van der Waals surface area contributed by atoms with Gasteiger partial charge in [0.15, 0.2) is 0 Å². The first-order valence-corrected chi connectivity index (χ1v) is 7.86. The fraction of sp³-hybridized carbons (Fsp3) is 0.571. The maximum atomic E-state index is 12.1. The van der Waals surface area contributed by atoms with Gasteiger partial charge in [0.05, 0.1) is 0 Å². The Bertz CT molecular complexity index is 451. The molecule has 0 saturated carbocycles. The minimum Gasteiger partial charge on any atom is -0.409 e. The Kier molecular flexibility index (Phi) is 5.40. The highest BCUT2D eigenvalue weighted by molar-refractivity contribution is 7.09. The second-order valence-electron chi connectivity index (χ2n) is 5.11. The number of amidine groups is 1. The molecule has 1 aromatic heterocycles. The van der Waals surface area contributed by atoms with E-state index in [1.807, 2.05) is 11.0 Å². The maximum absolute atomic E-state index is 12.1. The molecule has 1 saturated heterocycles. The molecular formula is C14H21N3O2S. The van der Waals surface area contributed by atoms with Crippen molar-refractivity contribution in [2.75, 3.05) is 13.1 Å². The quantitative estimate of drug-likeness (QED) is 0.378. The average molecular weight is 295 g/mol. The Morgan fingerprint density at radius 2 is 2.25 bits per heavy atom. The summed E-state index contributed by atoms with van der Waals surface area (Å²) in [7, 11) is 0. The van der Waals surface area contributed by atoms with Gasteiger partial charge in [-0.2, -0.15) is 0 Å². The van der Waals surface area contributed by atoms with Crippen molar-refractivity contribution in [3.8, 4) is 0 Å². The zero-order valence-electron chi connectivity index (χ0n) is 11.5. The van der Waals surface area contributed by atoms with Gasteiger partial charge in [-0.15, -0.1) is 11.3 Å². The summed E-state index contributed by atoms with van der Waals surface area (Å²) in [5.41, 5.74) is 5.60. The van der Waals surface area contributed by atoms with Crippen LogP contribution in [0.4, 0.5) is 0 Å². The van der Waals surface area contributed by atoms with Crippen LogP contribution in [0.2, 0.25) is 0 Å². The summed E-state index contributed by atoms with van der Waals surface area (Å²) in [5.74, 6) is 0.615. The Balaban J connectivity index is 1.69. The number of nitrogens with two attached hydrogens (primary N) is 1. The summed E-state index contributed by atoms with van der Waals surface area (Å²) in [6.45, 7) is 1.41. The van der Waals surface area contributed by atoms with Crippen molar-refractivity contribution < 1.29 is 10.0 Å². The number of amides is 1. The number of rotatable bonds is 5. The van der Waals surface area contributed by atoms with Gasteiger partial charge >= 0.3 is 0 Å². The molecule has 0 atom stereocenters. The van der Waals surface area contributed by atoms with Gasteiger partial charge < -0.3 is 15.8 Å². The number of nitrogens with zero attached hydrogens (tertiary/aromatic N) is 2. The molecule has 0 radical (unpaired) electrons. The number of thiophene rings is 1. The largest absolute Gasteiger partial charge is 0.409 e. The standard InChI is InChI=1S/C14H21N3O2S/c15-14(16-19)11-6-8-17(9-7-11)13(18)5-1-3-12-4-2-10-20-12/h2,4,10-11,19H,1,3,5-9H2,(H2,15,16). The number of carbonyl (C=O) groups excluding carboxylic acids is 1. The van der Waals surface area contributed by atoms with Gasteiger partial charge in [-0.3, -0.25) is 4.79 Å². The van der Waals surface area contributed by atoms with E-state index in [4.69, 9.17) is 10.9 Å². The van der Waals surface area contributed by atoms with Crippen molar-refractivity contribution in [2.24, 2.45) is 16.8 Å². The Morgan fingerprint density at radius 1 is 1.50 bits per heavy atom. The smallest absolute Gasteiger partial charge is 0.222 e. The molecule has 1 amide bonds. The van der Waals surface area contributed by atoms with Gasteiger partial charge in [-0.25, -0.2) is 0 Å². The van der Waals surface area contributed by atoms with Crippen LogP contribution >= 0.6 is 11.3 Å². The van der Waals surface area contributed by atoms with Crippen LogP contribution in [0, 0.1) is 5.92 Å². The van der Waals surface area contributed by atoms with Gasteiger partial charge in [0.1, 0.15) is 5.84 Å². The number of aryl methyl sites for hydroxylation is 1. The molecule has 110 valence electrons. The molecule has 0 aromatic carbocycles. The van der Waals surface area contributed by atoms with Gasteiger partial charge in [0.25, 0.3) is 0 Å². The van der Waals surface area contributed by atoms with E-state index >= 15 is 0 Å². The lowest BCUT2D eigenvalue weighted by Gasteiger charge is -2.31. The third kappa shape index (κ3) is 3.96. The molecule has 0 unspecified atom stereocenters. The van der Waals surface area contributed by atoms with Gasteiger partial charge in [0, 0.05) is 30.3 Å². The Morgan fingerprint density at radius 3 is 2.85 bits per heavy atom. The monoisotopic (exact) mass is 295 g/mol. The van der Waals surface area contributed by atoms with E-state index in [0.717, 1.165) is 25.7 Å². The summed E-state index contributed by atoms with van der Waals surface area (Å²) in [5, 5.41) is 13.8. The lowest BCUT2D eigenvalue weighted by molar-refractivity contribution is -0.132. The molecule has 1 aromatic rings. The van der Waals surface area contributed by atoms with Crippen LogP contribution < -0.4 is 5.73 Å². The maximum Gasteiger partial charge on any atom is 0.222 e. The molecule has 6 heteroatoms. The number of hydrogen-bond acceptors (Lipinski definition) is 4. The predicted molar refractivity (Wildman–Crippen MR) is 80.0 cm³/mol. The van der Waals surface area contributed by atoms with E-state index in [0.29, 0.717) is 19.5 Å². The molecule has 1 fully saturated rings. The van der Waals surface area contributed by atoms with E-state index in [9.17, 15) is 4.79 Å². The van der Waals surface area contributed by atoms with Crippen LogP contribution in [0.25, 0.3) is 0 Å². The highest BCUT2D eigenvalue weighted by atomic mass is 32.1. The van der Waals surface area contributed by atoms with Crippen LogP contribution in [0.15, 0.2) is 22.7 Å². The topological polar surface area (TPSA) is 78.9 Å². The lowest BCUT2D eigenvalue weighted by atomic mass is 9.95. The molecule has 2 heterocycles. The summed E-state index contributed by atoms with van der Waals surface area (Å²) in [6, 6.07) is 4.15. The van der Waals surface area contributed by atoms with Crippen LogP contribution in [-0.2, 0) is 11.2 Å². The van der Waals surface area contributed by atoms with Crippen molar-refractivity contribution in [2.45, 2.75) is 32.1 Å². The first-order valence-electron chi connectivity index (χ1n) is 6.98. The normalized spacial score (nSPS) is 17.4. The molecule has 1 aliphatic heterocycles. The lowest BCUT2D eigenvalue weighted by Crippen LogP contribution is -2.41. The first kappa shape index (κ1) is 14.8. The average Bonchev–Trinajstić information content (AvgIpc) is 2.99. The van der Waals surface area contributed by atoms with Gasteiger partial charge in [-0.1, -0.05) is 11.2 Å². The van der Waals surface area contributed by atoms with Crippen molar-refractivity contribution in [1.82, 2.24) is 4.90 Å². The van der Waals surface area contributed by atoms with Crippen LogP contribution in [0.1, 0.15) is 30.6 Å². The van der Waals surface area contributed by atoms with E-state index in [1.165, 1.54) is 4.88 Å². The van der Waals surface area contributed by atoms with E-state index < -0.39 is 0 Å². The minimum absolute atomic E-state index is 0.107. The first-order chi connectivity index (χ1) is 9.70. The summed E-state index contributed by atoms with van der Waals surface area (Å²) in [6.07, 6.45) is 4.05. The zero-order chi connectivity index (χ0) is 14.4. The number of oxime groups is 1. The molecule has 0 spiro atoms. The second-order valence-corrected chi connectivity index (χ2v) is 6.15. The van der Waals surface area contributed by atoms with Crippen molar-refractivity contribution in [3.63, 3.8) is 0 Å². The summed E-state index contributed by atoms with van der Waals surface area (Å²) in [4.78, 5) is 15.3. The Labute approximate surface area is 123 Å². The molecule has 0 aliphatic carbocycles. The second kappa shape index (κ2) is 7.28. The number of hydrogen-bond donors (Lipinski definition) is 2. The summed E-state index contributed by atoms with van der Waals surface area (Å²) >= 11 is 1.74. The Hall–Kier alpha value is -1.56.